The third-order valence-corrected chi connectivity index (χ3v) is 3.18. The SMILES string of the molecule is CN(CC(=O)Nc1ccc(F)cc1)C1CCNC1. The van der Waals surface area contributed by atoms with Crippen molar-refractivity contribution in [3.63, 3.8) is 0 Å². The molecule has 2 rings (SSSR count). The van der Waals surface area contributed by atoms with Crippen molar-refractivity contribution < 1.29 is 9.18 Å². The number of carbonyl (C=O) groups is 1. The Morgan fingerprint density at radius 3 is 2.83 bits per heavy atom. The molecule has 2 N–H and O–H groups in total. The van der Waals surface area contributed by atoms with Crippen LogP contribution in [0.5, 0.6) is 0 Å². The highest BCUT2D eigenvalue weighted by atomic mass is 19.1. The molecule has 98 valence electrons. The number of hydrogen-bond acceptors (Lipinski definition) is 3. The Bertz CT molecular complexity index is 401. The van der Waals surface area contributed by atoms with Crippen LogP contribution in [0, 0.1) is 5.82 Å². The van der Waals surface area contributed by atoms with E-state index in [2.05, 4.69) is 10.6 Å². The van der Waals surface area contributed by atoms with Gasteiger partial charge in [-0.1, -0.05) is 0 Å². The second-order valence-electron chi connectivity index (χ2n) is 4.62. The minimum Gasteiger partial charge on any atom is -0.325 e. The van der Waals surface area contributed by atoms with Crippen molar-refractivity contribution in [2.24, 2.45) is 0 Å². The first-order valence-electron chi connectivity index (χ1n) is 6.11. The average Bonchev–Trinajstić information content (AvgIpc) is 2.85. The number of benzene rings is 1. The van der Waals surface area contributed by atoms with E-state index in [0.717, 1.165) is 19.5 Å². The van der Waals surface area contributed by atoms with Crippen LogP contribution in [0.25, 0.3) is 0 Å². The van der Waals surface area contributed by atoms with E-state index >= 15 is 0 Å². The lowest BCUT2D eigenvalue weighted by atomic mass is 10.2. The number of hydrogen-bond donors (Lipinski definition) is 2. The average molecular weight is 251 g/mol. The Morgan fingerprint density at radius 2 is 2.22 bits per heavy atom. The summed E-state index contributed by atoms with van der Waals surface area (Å²) in [6.45, 7) is 2.29. The van der Waals surface area contributed by atoms with Gasteiger partial charge in [0.25, 0.3) is 0 Å². The fraction of sp³-hybridized carbons (Fsp3) is 0.462. The molecule has 0 saturated carbocycles. The van der Waals surface area contributed by atoms with Gasteiger partial charge in [0.1, 0.15) is 5.82 Å². The van der Waals surface area contributed by atoms with E-state index in [1.54, 1.807) is 12.1 Å². The van der Waals surface area contributed by atoms with E-state index < -0.39 is 0 Å². The standard InChI is InChI=1S/C13H18FN3O/c1-17(12-6-7-15-8-12)9-13(18)16-11-4-2-10(14)3-5-11/h2-5,12,15H,6-9H2,1H3,(H,16,18). The second-order valence-corrected chi connectivity index (χ2v) is 4.62. The Morgan fingerprint density at radius 1 is 1.50 bits per heavy atom. The molecule has 0 radical (unpaired) electrons. The van der Waals surface area contributed by atoms with E-state index in [4.69, 9.17) is 0 Å². The Kier molecular flexibility index (Phi) is 4.28. The van der Waals surface area contributed by atoms with Crippen molar-refractivity contribution in [2.45, 2.75) is 12.5 Å². The zero-order valence-electron chi connectivity index (χ0n) is 10.4. The summed E-state index contributed by atoms with van der Waals surface area (Å²) in [6, 6.07) is 6.21. The van der Waals surface area contributed by atoms with Crippen LogP contribution in [-0.4, -0.2) is 43.5 Å². The minimum absolute atomic E-state index is 0.0731. The number of rotatable bonds is 4. The topological polar surface area (TPSA) is 44.4 Å². The van der Waals surface area contributed by atoms with Crippen molar-refractivity contribution in [2.75, 3.05) is 32.0 Å². The third-order valence-electron chi connectivity index (χ3n) is 3.18. The lowest BCUT2D eigenvalue weighted by Gasteiger charge is -2.22. The summed E-state index contributed by atoms with van der Waals surface area (Å²) in [5.41, 5.74) is 0.624. The van der Waals surface area contributed by atoms with Gasteiger partial charge in [-0.2, -0.15) is 0 Å². The first-order valence-corrected chi connectivity index (χ1v) is 6.11. The van der Waals surface area contributed by atoms with Crippen LogP contribution < -0.4 is 10.6 Å². The fourth-order valence-corrected chi connectivity index (χ4v) is 2.10. The van der Waals surface area contributed by atoms with Crippen LogP contribution in [0.1, 0.15) is 6.42 Å². The van der Waals surface area contributed by atoms with E-state index in [-0.39, 0.29) is 11.7 Å². The highest BCUT2D eigenvalue weighted by molar-refractivity contribution is 5.92. The Hall–Kier alpha value is -1.46. The summed E-state index contributed by atoms with van der Waals surface area (Å²) in [6.07, 6.45) is 1.07. The predicted molar refractivity (Wildman–Crippen MR) is 68.9 cm³/mol. The van der Waals surface area contributed by atoms with Crippen LogP contribution >= 0.6 is 0 Å². The van der Waals surface area contributed by atoms with Gasteiger partial charge in [0.15, 0.2) is 0 Å². The van der Waals surface area contributed by atoms with Crippen molar-refractivity contribution in [3.8, 4) is 0 Å². The molecule has 5 heteroatoms. The number of anilines is 1. The molecular formula is C13H18FN3O. The molecule has 18 heavy (non-hydrogen) atoms. The molecule has 0 aliphatic carbocycles. The van der Waals surface area contributed by atoms with Crippen molar-refractivity contribution in [1.29, 1.82) is 0 Å². The summed E-state index contributed by atoms with van der Waals surface area (Å²) < 4.78 is 12.7. The van der Waals surface area contributed by atoms with Crippen LogP contribution in [0.2, 0.25) is 0 Å². The van der Waals surface area contributed by atoms with Gasteiger partial charge >= 0.3 is 0 Å². The molecule has 1 heterocycles. The molecule has 0 aromatic heterocycles. The van der Waals surface area contributed by atoms with E-state index in [1.165, 1.54) is 12.1 Å². The highest BCUT2D eigenvalue weighted by Crippen LogP contribution is 2.09. The van der Waals surface area contributed by atoms with E-state index in [0.29, 0.717) is 18.3 Å². The molecular weight excluding hydrogens is 233 g/mol. The molecule has 1 aromatic rings. The Labute approximate surface area is 106 Å². The molecule has 1 amide bonds. The van der Waals surface area contributed by atoms with Crippen LogP contribution in [0.15, 0.2) is 24.3 Å². The van der Waals surface area contributed by atoms with Crippen LogP contribution in [0.4, 0.5) is 10.1 Å². The third kappa shape index (κ3) is 3.51. The van der Waals surface area contributed by atoms with Gasteiger partial charge in [-0.05, 0) is 44.3 Å². The zero-order valence-corrected chi connectivity index (χ0v) is 10.4. The van der Waals surface area contributed by atoms with Crippen LogP contribution in [0.3, 0.4) is 0 Å². The molecule has 1 aliphatic rings. The van der Waals surface area contributed by atoms with Gasteiger partial charge in [0.2, 0.25) is 5.91 Å². The van der Waals surface area contributed by atoms with Gasteiger partial charge in [0.05, 0.1) is 6.54 Å². The van der Waals surface area contributed by atoms with Gasteiger partial charge < -0.3 is 10.6 Å². The molecule has 1 atom stereocenters. The highest BCUT2D eigenvalue weighted by Gasteiger charge is 2.20. The van der Waals surface area contributed by atoms with Gasteiger partial charge in [-0.15, -0.1) is 0 Å². The van der Waals surface area contributed by atoms with E-state index in [9.17, 15) is 9.18 Å². The fourth-order valence-electron chi connectivity index (χ4n) is 2.10. The molecule has 1 unspecified atom stereocenters. The normalized spacial score (nSPS) is 19.2. The lowest BCUT2D eigenvalue weighted by molar-refractivity contribution is -0.117. The molecule has 1 fully saturated rings. The second kappa shape index (κ2) is 5.93. The Balaban J connectivity index is 1.82. The lowest BCUT2D eigenvalue weighted by Crippen LogP contribution is -2.39. The number of nitrogens with one attached hydrogen (secondary N) is 2. The van der Waals surface area contributed by atoms with E-state index in [1.807, 2.05) is 11.9 Å². The minimum atomic E-state index is -0.304. The summed E-state index contributed by atoms with van der Waals surface area (Å²) in [5, 5.41) is 6.02. The summed E-state index contributed by atoms with van der Waals surface area (Å²) in [4.78, 5) is 13.8. The van der Waals surface area contributed by atoms with Gasteiger partial charge in [0, 0.05) is 18.3 Å². The summed E-state index contributed by atoms with van der Waals surface area (Å²) in [7, 11) is 1.95. The van der Waals surface area contributed by atoms with Crippen LogP contribution in [-0.2, 0) is 4.79 Å². The monoisotopic (exact) mass is 251 g/mol. The maximum absolute atomic E-state index is 12.7. The molecule has 4 nitrogen and oxygen atoms in total. The summed E-state index contributed by atoms with van der Waals surface area (Å²) in [5.74, 6) is -0.377. The van der Waals surface area contributed by atoms with Crippen molar-refractivity contribution >= 4 is 11.6 Å². The van der Waals surface area contributed by atoms with Crippen molar-refractivity contribution in [1.82, 2.24) is 10.2 Å². The molecule has 1 saturated heterocycles. The number of likely N-dealkylation sites (N-methyl/N-ethyl adjacent to an activating group) is 1. The quantitative estimate of drug-likeness (QED) is 0.841. The molecule has 0 spiro atoms. The maximum Gasteiger partial charge on any atom is 0.238 e. The molecule has 0 bridgehead atoms. The smallest absolute Gasteiger partial charge is 0.238 e. The van der Waals surface area contributed by atoms with Crippen molar-refractivity contribution in [3.05, 3.63) is 30.1 Å². The number of halogens is 1. The summed E-state index contributed by atoms with van der Waals surface area (Å²) >= 11 is 0. The largest absolute Gasteiger partial charge is 0.325 e. The van der Waals surface area contributed by atoms with Gasteiger partial charge in [-0.3, -0.25) is 9.69 Å². The maximum atomic E-state index is 12.7. The first-order chi connectivity index (χ1) is 8.65. The molecule has 1 aliphatic heterocycles. The number of carbonyl (C=O) groups excluding carboxylic acids is 1. The number of amides is 1. The predicted octanol–water partition coefficient (Wildman–Crippen LogP) is 1.06. The number of nitrogens with zero attached hydrogens (tertiary/aromatic N) is 1. The van der Waals surface area contributed by atoms with Gasteiger partial charge in [-0.25, -0.2) is 4.39 Å². The first kappa shape index (κ1) is 13.0. The molecule has 1 aromatic carbocycles. The zero-order chi connectivity index (χ0) is 13.0.